The van der Waals surface area contributed by atoms with Crippen molar-refractivity contribution >= 4 is 77.2 Å². The van der Waals surface area contributed by atoms with Crippen molar-refractivity contribution in [1.29, 1.82) is 0 Å². The number of fused-ring (bicyclic) bond motifs is 1. The Kier molecular flexibility index (Phi) is 7.09. The van der Waals surface area contributed by atoms with Crippen LogP contribution in [0.4, 0.5) is 5.69 Å². The molecule has 1 heterocycles. The van der Waals surface area contributed by atoms with Crippen molar-refractivity contribution in [1.82, 2.24) is 5.32 Å². The van der Waals surface area contributed by atoms with Gasteiger partial charge < -0.3 is 10.1 Å². The Balaban J connectivity index is 1.34. The number of aliphatic imine (C=N–C) groups is 1. The molecule has 1 amide bonds. The fourth-order valence-electron chi connectivity index (χ4n) is 3.74. The summed E-state index contributed by atoms with van der Waals surface area (Å²) in [5, 5.41) is 5.77. The maximum atomic E-state index is 12.5. The number of hydrogen-bond acceptors (Lipinski definition) is 4. The van der Waals surface area contributed by atoms with E-state index in [1.807, 2.05) is 67.6 Å². The Hall–Kier alpha value is -2.87. The molecule has 1 fully saturated rings. The van der Waals surface area contributed by atoms with E-state index in [2.05, 4.69) is 66.4 Å². The standard InChI is InChI=1S/C28H20Br2N2O2S/c1-17-9-11-21(12-10-17)31-28-32-27(33)25(35-28)15-18-13-23(29)26(24(30)14-18)34-16-20-7-4-6-19-5-2-3-8-22(19)20/h2-15H,16H2,1H3,(H,31,32,33)/b25-15-. The summed E-state index contributed by atoms with van der Waals surface area (Å²) in [5.74, 6) is 0.551. The van der Waals surface area contributed by atoms with Gasteiger partial charge in [0.15, 0.2) is 5.17 Å². The van der Waals surface area contributed by atoms with Crippen LogP contribution in [-0.4, -0.2) is 11.1 Å². The summed E-state index contributed by atoms with van der Waals surface area (Å²) in [5.41, 5.74) is 3.96. The highest BCUT2D eigenvalue weighted by Gasteiger charge is 2.24. The zero-order chi connectivity index (χ0) is 24.4. The number of nitrogens with zero attached hydrogens (tertiary/aromatic N) is 1. The SMILES string of the molecule is Cc1ccc(N=C2NC(=O)/C(=C/c3cc(Br)c(OCc4cccc5ccccc45)c(Br)c3)S2)cc1. The monoisotopic (exact) mass is 606 g/mol. The lowest BCUT2D eigenvalue weighted by molar-refractivity contribution is -0.115. The van der Waals surface area contributed by atoms with Crippen molar-refractivity contribution in [2.45, 2.75) is 13.5 Å². The number of thioether (sulfide) groups is 1. The number of hydrogen-bond donors (Lipinski definition) is 1. The van der Waals surface area contributed by atoms with Crippen LogP contribution in [0.2, 0.25) is 0 Å². The summed E-state index contributed by atoms with van der Waals surface area (Å²) >= 11 is 8.59. The van der Waals surface area contributed by atoms with Crippen LogP contribution in [0.15, 0.2) is 97.7 Å². The molecule has 174 valence electrons. The van der Waals surface area contributed by atoms with Crippen molar-refractivity contribution in [3.8, 4) is 5.75 Å². The minimum Gasteiger partial charge on any atom is -0.487 e. The van der Waals surface area contributed by atoms with Crippen molar-refractivity contribution in [2.24, 2.45) is 4.99 Å². The molecular formula is C28H20Br2N2O2S. The molecule has 1 N–H and O–H groups in total. The van der Waals surface area contributed by atoms with E-state index in [1.165, 1.54) is 28.1 Å². The van der Waals surface area contributed by atoms with E-state index < -0.39 is 0 Å². The van der Waals surface area contributed by atoms with Gasteiger partial charge >= 0.3 is 0 Å². The van der Waals surface area contributed by atoms with Gasteiger partial charge in [-0.05, 0) is 103 Å². The number of aryl methyl sites for hydroxylation is 1. The highest BCUT2D eigenvalue weighted by atomic mass is 79.9. The molecule has 0 bridgehead atoms. The fraction of sp³-hybridized carbons (Fsp3) is 0.0714. The minimum absolute atomic E-state index is 0.163. The Bertz CT molecular complexity index is 1470. The summed E-state index contributed by atoms with van der Waals surface area (Å²) in [7, 11) is 0. The molecule has 0 aliphatic carbocycles. The second-order valence-electron chi connectivity index (χ2n) is 8.06. The lowest BCUT2D eigenvalue weighted by atomic mass is 10.1. The lowest BCUT2D eigenvalue weighted by Crippen LogP contribution is -2.19. The number of benzene rings is 4. The fourth-order valence-corrected chi connectivity index (χ4v) is 6.03. The third kappa shape index (κ3) is 5.53. The van der Waals surface area contributed by atoms with Gasteiger partial charge in [0.05, 0.1) is 19.5 Å². The molecular weight excluding hydrogens is 588 g/mol. The summed E-state index contributed by atoms with van der Waals surface area (Å²) in [6, 6.07) is 26.2. The quantitative estimate of drug-likeness (QED) is 0.233. The number of carbonyl (C=O) groups excluding carboxylic acids is 1. The number of rotatable bonds is 5. The van der Waals surface area contributed by atoms with Crippen molar-refractivity contribution < 1.29 is 9.53 Å². The topological polar surface area (TPSA) is 50.7 Å². The van der Waals surface area contributed by atoms with Gasteiger partial charge in [0.25, 0.3) is 5.91 Å². The first-order valence-electron chi connectivity index (χ1n) is 10.9. The third-order valence-corrected chi connectivity index (χ3v) is 7.57. The zero-order valence-electron chi connectivity index (χ0n) is 18.7. The second kappa shape index (κ2) is 10.4. The number of amidine groups is 1. The Morgan fingerprint density at radius 2 is 1.69 bits per heavy atom. The first kappa shape index (κ1) is 23.9. The molecule has 0 atom stereocenters. The highest BCUT2D eigenvalue weighted by Crippen LogP contribution is 2.37. The van der Waals surface area contributed by atoms with Gasteiger partial charge in [-0.3, -0.25) is 4.79 Å². The van der Waals surface area contributed by atoms with Gasteiger partial charge in [-0.25, -0.2) is 4.99 Å². The predicted octanol–water partition coefficient (Wildman–Crippen LogP) is 8.14. The van der Waals surface area contributed by atoms with Crippen LogP contribution in [0.25, 0.3) is 16.8 Å². The molecule has 4 aromatic rings. The molecule has 5 rings (SSSR count). The molecule has 0 spiro atoms. The summed E-state index contributed by atoms with van der Waals surface area (Å²) in [4.78, 5) is 17.6. The van der Waals surface area contributed by atoms with E-state index in [1.54, 1.807) is 0 Å². The van der Waals surface area contributed by atoms with Gasteiger partial charge in [0.1, 0.15) is 12.4 Å². The van der Waals surface area contributed by atoms with E-state index in [9.17, 15) is 4.79 Å². The molecule has 7 heteroatoms. The molecule has 35 heavy (non-hydrogen) atoms. The zero-order valence-corrected chi connectivity index (χ0v) is 22.7. The number of ether oxygens (including phenoxy) is 1. The van der Waals surface area contributed by atoms with Crippen molar-refractivity contribution in [2.75, 3.05) is 0 Å². The normalized spacial score (nSPS) is 15.7. The largest absolute Gasteiger partial charge is 0.487 e. The minimum atomic E-state index is -0.163. The highest BCUT2D eigenvalue weighted by molar-refractivity contribution is 9.11. The number of amides is 1. The molecule has 0 radical (unpaired) electrons. The smallest absolute Gasteiger partial charge is 0.264 e. The third-order valence-electron chi connectivity index (χ3n) is 5.49. The van der Waals surface area contributed by atoms with Crippen molar-refractivity contribution in [3.63, 3.8) is 0 Å². The molecule has 0 saturated carbocycles. The van der Waals surface area contributed by atoms with Crippen LogP contribution < -0.4 is 10.1 Å². The van der Waals surface area contributed by atoms with Crippen molar-refractivity contribution in [3.05, 3.63) is 109 Å². The van der Waals surface area contributed by atoms with Gasteiger partial charge in [-0.2, -0.15) is 0 Å². The second-order valence-corrected chi connectivity index (χ2v) is 10.8. The van der Waals surface area contributed by atoms with E-state index in [0.717, 1.165) is 25.8 Å². The Morgan fingerprint density at radius 1 is 0.971 bits per heavy atom. The van der Waals surface area contributed by atoms with Gasteiger partial charge in [-0.1, -0.05) is 60.2 Å². The first-order chi connectivity index (χ1) is 17.0. The predicted molar refractivity (Wildman–Crippen MR) is 152 cm³/mol. The Morgan fingerprint density at radius 3 is 2.46 bits per heavy atom. The Labute approximate surface area is 224 Å². The van der Waals surface area contributed by atoms with Crippen LogP contribution in [0, 0.1) is 6.92 Å². The maximum Gasteiger partial charge on any atom is 0.264 e. The average molecular weight is 608 g/mol. The van der Waals surface area contributed by atoms with Crippen LogP contribution >= 0.6 is 43.6 Å². The maximum absolute atomic E-state index is 12.5. The van der Waals surface area contributed by atoms with Gasteiger partial charge in [-0.15, -0.1) is 0 Å². The molecule has 1 aliphatic heterocycles. The molecule has 1 aliphatic rings. The summed E-state index contributed by atoms with van der Waals surface area (Å²) < 4.78 is 7.79. The molecule has 0 aromatic heterocycles. The van der Waals surface area contributed by atoms with Crippen LogP contribution in [-0.2, 0) is 11.4 Å². The van der Waals surface area contributed by atoms with E-state index in [-0.39, 0.29) is 5.91 Å². The van der Waals surface area contributed by atoms with E-state index in [4.69, 9.17) is 4.74 Å². The molecule has 1 saturated heterocycles. The molecule has 4 aromatic carbocycles. The van der Waals surface area contributed by atoms with Gasteiger partial charge in [0.2, 0.25) is 0 Å². The number of nitrogens with one attached hydrogen (secondary N) is 1. The first-order valence-corrected chi connectivity index (χ1v) is 13.3. The number of halogens is 2. The summed E-state index contributed by atoms with van der Waals surface area (Å²) in [6.07, 6.45) is 1.85. The van der Waals surface area contributed by atoms with E-state index >= 15 is 0 Å². The van der Waals surface area contributed by atoms with Gasteiger partial charge in [0, 0.05) is 0 Å². The lowest BCUT2D eigenvalue weighted by Gasteiger charge is -2.13. The molecule has 0 unspecified atom stereocenters. The van der Waals surface area contributed by atoms with E-state index in [0.29, 0.717) is 22.4 Å². The summed E-state index contributed by atoms with van der Waals surface area (Å²) in [6.45, 7) is 2.47. The molecule has 4 nitrogen and oxygen atoms in total. The average Bonchev–Trinajstić information content (AvgIpc) is 3.18. The van der Waals surface area contributed by atoms with Crippen LogP contribution in [0.3, 0.4) is 0 Å². The van der Waals surface area contributed by atoms with Crippen LogP contribution in [0.1, 0.15) is 16.7 Å². The number of carbonyl (C=O) groups is 1. The van der Waals surface area contributed by atoms with Crippen LogP contribution in [0.5, 0.6) is 5.75 Å².